The second-order valence-corrected chi connectivity index (χ2v) is 9.02. The standard InChI is InChI=1S/C21H35N3O2.ClH/c25-20(14-16-6-2-1-3-7-16)23-10-12-24(13-11-23)21(26)19-15-17-8-4-5-9-18(17)22-19;/h16-19,22H,1-15H2;1H. The number of carbonyl (C=O) groups is 2. The van der Waals surface area contributed by atoms with Gasteiger partial charge in [-0.1, -0.05) is 32.1 Å². The largest absolute Gasteiger partial charge is 0.339 e. The van der Waals surface area contributed by atoms with Crippen molar-refractivity contribution in [3.63, 3.8) is 0 Å². The van der Waals surface area contributed by atoms with Gasteiger partial charge in [-0.15, -0.1) is 12.4 Å². The van der Waals surface area contributed by atoms with E-state index >= 15 is 0 Å². The Morgan fingerprint density at radius 1 is 0.815 bits per heavy atom. The van der Waals surface area contributed by atoms with Gasteiger partial charge >= 0.3 is 0 Å². The Bertz CT molecular complexity index is 502. The summed E-state index contributed by atoms with van der Waals surface area (Å²) in [6.45, 7) is 2.86. The zero-order valence-electron chi connectivity index (χ0n) is 16.5. The Morgan fingerprint density at radius 2 is 1.44 bits per heavy atom. The van der Waals surface area contributed by atoms with Crippen LogP contribution in [0.3, 0.4) is 0 Å². The predicted octanol–water partition coefficient (Wildman–Crippen LogP) is 2.97. The van der Waals surface area contributed by atoms with Gasteiger partial charge in [0, 0.05) is 38.6 Å². The number of halogens is 1. The summed E-state index contributed by atoms with van der Waals surface area (Å²) in [5.74, 6) is 1.89. The number of hydrogen-bond acceptors (Lipinski definition) is 3. The average molecular weight is 398 g/mol. The summed E-state index contributed by atoms with van der Waals surface area (Å²) >= 11 is 0. The highest BCUT2D eigenvalue weighted by Crippen LogP contribution is 2.34. The number of fused-ring (bicyclic) bond motifs is 1. The average Bonchev–Trinajstić information content (AvgIpc) is 3.12. The molecule has 3 unspecified atom stereocenters. The summed E-state index contributed by atoms with van der Waals surface area (Å²) in [4.78, 5) is 29.5. The van der Waals surface area contributed by atoms with Crippen LogP contribution in [0.2, 0.25) is 0 Å². The van der Waals surface area contributed by atoms with Gasteiger partial charge in [0.05, 0.1) is 6.04 Å². The van der Waals surface area contributed by atoms with Crippen molar-refractivity contribution in [3.8, 4) is 0 Å². The first-order chi connectivity index (χ1) is 12.7. The van der Waals surface area contributed by atoms with Crippen LogP contribution in [0.4, 0.5) is 0 Å². The first-order valence-electron chi connectivity index (χ1n) is 11.0. The molecule has 0 radical (unpaired) electrons. The van der Waals surface area contributed by atoms with E-state index < -0.39 is 0 Å². The van der Waals surface area contributed by atoms with Crippen molar-refractivity contribution < 1.29 is 9.59 Å². The van der Waals surface area contributed by atoms with Gasteiger partial charge in [0.2, 0.25) is 11.8 Å². The summed E-state index contributed by atoms with van der Waals surface area (Å²) < 4.78 is 0. The summed E-state index contributed by atoms with van der Waals surface area (Å²) in [5.41, 5.74) is 0. The van der Waals surface area contributed by atoms with Crippen LogP contribution < -0.4 is 5.32 Å². The minimum Gasteiger partial charge on any atom is -0.339 e. The second kappa shape index (κ2) is 9.60. The molecule has 4 rings (SSSR count). The van der Waals surface area contributed by atoms with E-state index in [1.165, 1.54) is 57.8 Å². The molecule has 2 aliphatic heterocycles. The molecule has 2 saturated carbocycles. The van der Waals surface area contributed by atoms with Crippen LogP contribution in [-0.4, -0.2) is 59.9 Å². The Morgan fingerprint density at radius 3 is 2.15 bits per heavy atom. The van der Waals surface area contributed by atoms with Crippen molar-refractivity contribution in [2.75, 3.05) is 26.2 Å². The number of hydrogen-bond donors (Lipinski definition) is 1. The third-order valence-corrected chi connectivity index (χ3v) is 7.29. The SMILES string of the molecule is Cl.O=C(CC1CCCCC1)N1CCN(C(=O)C2CC3CCCCC3N2)CC1. The van der Waals surface area contributed by atoms with E-state index in [1.807, 2.05) is 9.80 Å². The fourth-order valence-corrected chi connectivity index (χ4v) is 5.67. The molecule has 0 aromatic rings. The third kappa shape index (κ3) is 4.97. The van der Waals surface area contributed by atoms with E-state index in [-0.39, 0.29) is 24.4 Å². The molecule has 4 fully saturated rings. The summed E-state index contributed by atoms with van der Waals surface area (Å²) in [6, 6.07) is 0.587. The molecule has 3 atom stereocenters. The topological polar surface area (TPSA) is 52.7 Å². The van der Waals surface area contributed by atoms with Crippen LogP contribution in [0.25, 0.3) is 0 Å². The number of rotatable bonds is 3. The zero-order valence-corrected chi connectivity index (χ0v) is 17.4. The first kappa shape index (κ1) is 20.9. The molecule has 5 nitrogen and oxygen atoms in total. The number of piperazine rings is 1. The fourth-order valence-electron chi connectivity index (χ4n) is 5.67. The lowest BCUT2D eigenvalue weighted by molar-refractivity contribution is -0.141. The lowest BCUT2D eigenvalue weighted by Gasteiger charge is -2.37. The molecule has 0 aromatic carbocycles. The maximum Gasteiger partial charge on any atom is 0.239 e. The number of nitrogens with zero attached hydrogens (tertiary/aromatic N) is 2. The molecule has 6 heteroatoms. The minimum atomic E-state index is 0. The number of amides is 2. The molecule has 27 heavy (non-hydrogen) atoms. The van der Waals surface area contributed by atoms with Crippen LogP contribution in [0.5, 0.6) is 0 Å². The summed E-state index contributed by atoms with van der Waals surface area (Å²) in [6.07, 6.45) is 13.2. The highest BCUT2D eigenvalue weighted by atomic mass is 35.5. The van der Waals surface area contributed by atoms with E-state index in [1.54, 1.807) is 0 Å². The maximum atomic E-state index is 12.9. The van der Waals surface area contributed by atoms with Gasteiger partial charge in [0.25, 0.3) is 0 Å². The van der Waals surface area contributed by atoms with E-state index in [0.717, 1.165) is 25.9 Å². The molecule has 2 saturated heterocycles. The predicted molar refractivity (Wildman–Crippen MR) is 109 cm³/mol. The van der Waals surface area contributed by atoms with Gasteiger partial charge in [-0.05, 0) is 43.9 Å². The molecular weight excluding hydrogens is 362 g/mol. The number of carbonyl (C=O) groups excluding carboxylic acids is 2. The van der Waals surface area contributed by atoms with Crippen LogP contribution in [-0.2, 0) is 9.59 Å². The molecule has 2 aliphatic carbocycles. The molecule has 1 N–H and O–H groups in total. The van der Waals surface area contributed by atoms with Crippen LogP contribution in [0.1, 0.15) is 70.6 Å². The monoisotopic (exact) mass is 397 g/mol. The molecule has 0 bridgehead atoms. The van der Waals surface area contributed by atoms with Gasteiger partial charge in [-0.3, -0.25) is 9.59 Å². The molecule has 2 heterocycles. The Balaban J connectivity index is 0.00000210. The maximum absolute atomic E-state index is 12.9. The van der Waals surface area contributed by atoms with E-state index in [0.29, 0.717) is 36.9 Å². The van der Waals surface area contributed by atoms with Crippen molar-refractivity contribution in [1.82, 2.24) is 15.1 Å². The van der Waals surface area contributed by atoms with Crippen LogP contribution in [0.15, 0.2) is 0 Å². The van der Waals surface area contributed by atoms with Crippen molar-refractivity contribution in [2.24, 2.45) is 11.8 Å². The normalized spacial score (nSPS) is 31.9. The van der Waals surface area contributed by atoms with Gasteiger partial charge in [0.15, 0.2) is 0 Å². The quantitative estimate of drug-likeness (QED) is 0.796. The molecular formula is C21H36ClN3O2. The molecule has 4 aliphatic rings. The Kier molecular flexibility index (Phi) is 7.43. The number of nitrogens with one attached hydrogen (secondary N) is 1. The molecule has 2 amide bonds. The Labute approximate surface area is 170 Å². The van der Waals surface area contributed by atoms with Crippen molar-refractivity contribution >= 4 is 24.2 Å². The second-order valence-electron chi connectivity index (χ2n) is 9.02. The first-order valence-corrected chi connectivity index (χ1v) is 11.0. The van der Waals surface area contributed by atoms with Crippen molar-refractivity contribution in [3.05, 3.63) is 0 Å². The zero-order chi connectivity index (χ0) is 17.9. The Hall–Kier alpha value is -0.810. The highest BCUT2D eigenvalue weighted by molar-refractivity contribution is 5.85. The highest BCUT2D eigenvalue weighted by Gasteiger charge is 2.40. The van der Waals surface area contributed by atoms with Crippen LogP contribution >= 0.6 is 12.4 Å². The van der Waals surface area contributed by atoms with Gasteiger partial charge < -0.3 is 15.1 Å². The van der Waals surface area contributed by atoms with E-state index in [2.05, 4.69) is 5.32 Å². The lowest BCUT2D eigenvalue weighted by Crippen LogP contribution is -2.54. The van der Waals surface area contributed by atoms with Gasteiger partial charge in [-0.25, -0.2) is 0 Å². The van der Waals surface area contributed by atoms with Gasteiger partial charge in [0.1, 0.15) is 0 Å². The van der Waals surface area contributed by atoms with Gasteiger partial charge in [-0.2, -0.15) is 0 Å². The van der Waals surface area contributed by atoms with Crippen molar-refractivity contribution in [2.45, 2.75) is 82.7 Å². The summed E-state index contributed by atoms with van der Waals surface area (Å²) in [7, 11) is 0. The van der Waals surface area contributed by atoms with E-state index in [4.69, 9.17) is 0 Å². The summed E-state index contributed by atoms with van der Waals surface area (Å²) in [5, 5.41) is 3.61. The van der Waals surface area contributed by atoms with E-state index in [9.17, 15) is 9.59 Å². The molecule has 154 valence electrons. The lowest BCUT2D eigenvalue weighted by atomic mass is 9.85. The van der Waals surface area contributed by atoms with Crippen molar-refractivity contribution in [1.29, 1.82) is 0 Å². The molecule has 0 aromatic heterocycles. The molecule has 0 spiro atoms. The minimum absolute atomic E-state index is 0. The fraction of sp³-hybridized carbons (Fsp3) is 0.905. The van der Waals surface area contributed by atoms with Crippen LogP contribution in [0, 0.1) is 11.8 Å². The smallest absolute Gasteiger partial charge is 0.239 e. The third-order valence-electron chi connectivity index (χ3n) is 7.29.